The molecule has 1 aromatic carbocycles. The standard InChI is InChI=1S/C19H20ClF3N2OS.ClH/c1-18(2)16(10-5-7-25(18)8-6-10)24-17(26)13-9-11-3-4-12(20)14(15(11)27-13)19(21,22)23;/h3-4,9-10,16H,5-8H2,1-2H3,(H,24,26);1H. The van der Waals surface area contributed by atoms with Gasteiger partial charge in [0.25, 0.3) is 5.91 Å². The van der Waals surface area contributed by atoms with Gasteiger partial charge in [-0.3, -0.25) is 9.69 Å². The topological polar surface area (TPSA) is 32.3 Å². The molecule has 5 rings (SSSR count). The average molecular weight is 453 g/mol. The fourth-order valence-electron chi connectivity index (χ4n) is 4.54. The molecule has 3 aliphatic rings. The van der Waals surface area contributed by atoms with E-state index in [4.69, 9.17) is 11.6 Å². The second-order valence-corrected chi connectivity index (χ2v) is 9.34. The molecule has 1 atom stereocenters. The van der Waals surface area contributed by atoms with E-state index in [1.54, 1.807) is 0 Å². The van der Waals surface area contributed by atoms with Crippen LogP contribution in [-0.2, 0) is 6.18 Å². The summed E-state index contributed by atoms with van der Waals surface area (Å²) in [6.07, 6.45) is -2.49. The molecule has 2 aromatic rings. The normalized spacial score (nSPS) is 26.1. The Bertz CT molecular complexity index is 904. The van der Waals surface area contributed by atoms with E-state index in [1.807, 2.05) is 0 Å². The van der Waals surface area contributed by atoms with Crippen molar-refractivity contribution in [2.75, 3.05) is 13.1 Å². The summed E-state index contributed by atoms with van der Waals surface area (Å²) in [6.45, 7) is 6.30. The Balaban J connectivity index is 0.00000225. The Morgan fingerprint density at radius 3 is 2.50 bits per heavy atom. The van der Waals surface area contributed by atoms with Gasteiger partial charge in [0.2, 0.25) is 0 Å². The molecular formula is C19H21Cl2F3N2OS. The summed E-state index contributed by atoms with van der Waals surface area (Å²) in [7, 11) is 0. The number of thiophene rings is 1. The van der Waals surface area contributed by atoms with Crippen molar-refractivity contribution in [3.05, 3.63) is 33.7 Å². The molecule has 0 aliphatic carbocycles. The van der Waals surface area contributed by atoms with Crippen LogP contribution in [0.5, 0.6) is 0 Å². The minimum absolute atomic E-state index is 0. The largest absolute Gasteiger partial charge is 0.419 e. The van der Waals surface area contributed by atoms with Crippen LogP contribution in [0.15, 0.2) is 18.2 Å². The summed E-state index contributed by atoms with van der Waals surface area (Å²) in [5.41, 5.74) is -1.03. The molecule has 1 aromatic heterocycles. The van der Waals surface area contributed by atoms with Crippen LogP contribution < -0.4 is 5.32 Å². The molecule has 2 bridgehead atoms. The first-order valence-corrected chi connectivity index (χ1v) is 10.1. The number of benzene rings is 1. The van der Waals surface area contributed by atoms with Gasteiger partial charge in [-0.25, -0.2) is 0 Å². The quantitative estimate of drug-likeness (QED) is 0.643. The van der Waals surface area contributed by atoms with Gasteiger partial charge >= 0.3 is 6.18 Å². The van der Waals surface area contributed by atoms with E-state index < -0.39 is 11.7 Å². The predicted molar refractivity (Wildman–Crippen MR) is 109 cm³/mol. The highest BCUT2D eigenvalue weighted by atomic mass is 35.5. The van der Waals surface area contributed by atoms with Crippen molar-refractivity contribution in [1.29, 1.82) is 0 Å². The van der Waals surface area contributed by atoms with Gasteiger partial charge < -0.3 is 5.32 Å². The second-order valence-electron chi connectivity index (χ2n) is 7.88. The van der Waals surface area contributed by atoms with Crippen molar-refractivity contribution >= 4 is 51.3 Å². The zero-order valence-corrected chi connectivity index (χ0v) is 17.8. The van der Waals surface area contributed by atoms with Crippen molar-refractivity contribution in [2.45, 2.75) is 44.4 Å². The Kier molecular flexibility index (Phi) is 5.69. The highest BCUT2D eigenvalue weighted by Crippen LogP contribution is 2.43. The number of carbonyl (C=O) groups excluding carboxylic acids is 1. The van der Waals surface area contributed by atoms with Crippen LogP contribution in [0.3, 0.4) is 0 Å². The lowest BCUT2D eigenvalue weighted by Gasteiger charge is -2.56. The molecule has 0 spiro atoms. The minimum Gasteiger partial charge on any atom is -0.346 e. The summed E-state index contributed by atoms with van der Waals surface area (Å²) in [5.74, 6) is 0.0933. The molecule has 154 valence electrons. The van der Waals surface area contributed by atoms with Crippen molar-refractivity contribution in [3.8, 4) is 0 Å². The maximum Gasteiger partial charge on any atom is 0.419 e. The van der Waals surface area contributed by atoms with Gasteiger partial charge in [-0.2, -0.15) is 13.2 Å². The molecule has 0 saturated carbocycles. The minimum atomic E-state index is -4.56. The van der Waals surface area contributed by atoms with Crippen LogP contribution in [-0.4, -0.2) is 35.5 Å². The number of alkyl halides is 3. The number of piperidine rings is 3. The summed E-state index contributed by atoms with van der Waals surface area (Å²) >= 11 is 6.64. The monoisotopic (exact) mass is 452 g/mol. The van der Waals surface area contributed by atoms with Gasteiger partial charge in [-0.05, 0) is 63.2 Å². The number of halogens is 5. The second kappa shape index (κ2) is 7.35. The molecular weight excluding hydrogens is 432 g/mol. The van der Waals surface area contributed by atoms with Crippen LogP contribution in [0.4, 0.5) is 13.2 Å². The number of hydrogen-bond donors (Lipinski definition) is 1. The van der Waals surface area contributed by atoms with Gasteiger partial charge in [0.1, 0.15) is 0 Å². The zero-order valence-electron chi connectivity index (χ0n) is 15.4. The van der Waals surface area contributed by atoms with Crippen molar-refractivity contribution in [2.24, 2.45) is 5.92 Å². The average Bonchev–Trinajstić information content (AvgIpc) is 3.01. The van der Waals surface area contributed by atoms with Crippen LogP contribution in [0, 0.1) is 5.92 Å². The van der Waals surface area contributed by atoms with E-state index in [9.17, 15) is 18.0 Å². The fraction of sp³-hybridized carbons (Fsp3) is 0.526. The number of fused-ring (bicyclic) bond motifs is 4. The molecule has 3 nitrogen and oxygen atoms in total. The fourth-order valence-corrected chi connectivity index (χ4v) is 6.00. The lowest BCUT2D eigenvalue weighted by molar-refractivity contribution is -0.136. The van der Waals surface area contributed by atoms with Crippen LogP contribution in [0.1, 0.15) is 41.9 Å². The number of carbonyl (C=O) groups is 1. The van der Waals surface area contributed by atoms with E-state index in [0.717, 1.165) is 37.3 Å². The Morgan fingerprint density at radius 1 is 1.29 bits per heavy atom. The smallest absolute Gasteiger partial charge is 0.346 e. The number of rotatable bonds is 2. The van der Waals surface area contributed by atoms with E-state index >= 15 is 0 Å². The first-order chi connectivity index (χ1) is 12.6. The van der Waals surface area contributed by atoms with Gasteiger partial charge in [-0.15, -0.1) is 23.7 Å². The number of amides is 1. The molecule has 3 saturated heterocycles. The number of nitrogens with one attached hydrogen (secondary N) is 1. The molecule has 9 heteroatoms. The van der Waals surface area contributed by atoms with E-state index in [2.05, 4.69) is 24.1 Å². The van der Waals surface area contributed by atoms with Crippen molar-refractivity contribution in [3.63, 3.8) is 0 Å². The molecule has 1 unspecified atom stereocenters. The summed E-state index contributed by atoms with van der Waals surface area (Å²) in [5, 5.41) is 3.15. The third-order valence-electron chi connectivity index (χ3n) is 6.02. The number of nitrogens with zero attached hydrogens (tertiary/aromatic N) is 1. The third kappa shape index (κ3) is 3.51. The molecule has 3 fully saturated rings. The molecule has 3 aliphatic heterocycles. The maximum atomic E-state index is 13.4. The number of hydrogen-bond acceptors (Lipinski definition) is 3. The molecule has 1 N–H and O–H groups in total. The predicted octanol–water partition coefficient (Wildman–Crippen LogP) is 5.60. The van der Waals surface area contributed by atoms with Crippen LogP contribution >= 0.6 is 35.3 Å². The van der Waals surface area contributed by atoms with E-state index in [1.165, 1.54) is 18.2 Å². The Labute approximate surface area is 176 Å². The highest BCUT2D eigenvalue weighted by molar-refractivity contribution is 7.21. The Morgan fingerprint density at radius 2 is 1.93 bits per heavy atom. The SMILES string of the molecule is CC1(C)C(NC(=O)c2cc3ccc(Cl)c(C(F)(F)F)c3s2)C2CCN1CC2.Cl. The van der Waals surface area contributed by atoms with Crippen LogP contribution in [0.2, 0.25) is 5.02 Å². The lowest BCUT2D eigenvalue weighted by Crippen LogP contribution is -2.69. The maximum absolute atomic E-state index is 13.4. The summed E-state index contributed by atoms with van der Waals surface area (Å²) < 4.78 is 40.2. The first kappa shape index (κ1) is 21.7. The van der Waals surface area contributed by atoms with E-state index in [-0.39, 0.29) is 44.5 Å². The van der Waals surface area contributed by atoms with E-state index in [0.29, 0.717) is 11.3 Å². The third-order valence-corrected chi connectivity index (χ3v) is 7.50. The van der Waals surface area contributed by atoms with Gasteiger partial charge in [0.05, 0.1) is 15.5 Å². The van der Waals surface area contributed by atoms with Crippen LogP contribution in [0.25, 0.3) is 10.1 Å². The first-order valence-electron chi connectivity index (χ1n) is 8.94. The van der Waals surface area contributed by atoms with Gasteiger partial charge in [-0.1, -0.05) is 17.7 Å². The summed E-state index contributed by atoms with van der Waals surface area (Å²) in [6, 6.07) is 4.27. The van der Waals surface area contributed by atoms with Gasteiger partial charge in [0.15, 0.2) is 0 Å². The lowest BCUT2D eigenvalue weighted by atomic mass is 9.72. The molecule has 0 radical (unpaired) electrons. The molecule has 28 heavy (non-hydrogen) atoms. The molecule has 4 heterocycles. The van der Waals surface area contributed by atoms with Gasteiger partial charge in [0, 0.05) is 16.3 Å². The summed E-state index contributed by atoms with van der Waals surface area (Å²) in [4.78, 5) is 15.5. The molecule has 1 amide bonds. The van der Waals surface area contributed by atoms with Crippen molar-refractivity contribution < 1.29 is 18.0 Å². The van der Waals surface area contributed by atoms with Crippen molar-refractivity contribution in [1.82, 2.24) is 10.2 Å². The zero-order chi connectivity index (χ0) is 19.6. The Hall–Kier alpha value is -1.02. The highest BCUT2D eigenvalue weighted by Gasteiger charge is 2.48.